The van der Waals surface area contributed by atoms with E-state index in [1.54, 1.807) is 26.0 Å². The number of benzene rings is 2. The van der Waals surface area contributed by atoms with Gasteiger partial charge in [-0.15, -0.1) is 0 Å². The fraction of sp³-hybridized carbons (Fsp3) is 0.414. The number of rotatable bonds is 16. The zero-order valence-corrected chi connectivity index (χ0v) is 23.4. The van der Waals surface area contributed by atoms with E-state index in [9.17, 15) is 44.4 Å². The van der Waals surface area contributed by atoms with Gasteiger partial charge in [0.15, 0.2) is 0 Å². The van der Waals surface area contributed by atoms with Gasteiger partial charge in [0.05, 0.1) is 6.04 Å². The summed E-state index contributed by atoms with van der Waals surface area (Å²) in [6.45, 7) is 3.38. The highest BCUT2D eigenvalue weighted by Crippen LogP contribution is 2.14. The molecule has 42 heavy (non-hydrogen) atoms. The van der Waals surface area contributed by atoms with Crippen molar-refractivity contribution in [3.05, 3.63) is 59.7 Å². The molecule has 0 spiro atoms. The van der Waals surface area contributed by atoms with Crippen LogP contribution in [0.25, 0.3) is 0 Å². The van der Waals surface area contributed by atoms with Crippen molar-refractivity contribution in [3.8, 4) is 11.5 Å². The Labute approximate surface area is 243 Å². The van der Waals surface area contributed by atoms with Gasteiger partial charge in [0, 0.05) is 12.8 Å². The van der Waals surface area contributed by atoms with Gasteiger partial charge in [-0.1, -0.05) is 44.5 Å². The molecule has 0 saturated carbocycles. The van der Waals surface area contributed by atoms with Crippen molar-refractivity contribution in [1.29, 1.82) is 0 Å². The molecule has 0 aliphatic carbocycles. The number of hydrogen-bond donors (Lipinski definition) is 8. The number of amides is 3. The summed E-state index contributed by atoms with van der Waals surface area (Å²) in [7, 11) is 0. The van der Waals surface area contributed by atoms with E-state index in [-0.39, 0.29) is 30.8 Å². The van der Waals surface area contributed by atoms with Crippen LogP contribution in [0, 0.1) is 5.92 Å². The van der Waals surface area contributed by atoms with Gasteiger partial charge < -0.3 is 42.1 Å². The summed E-state index contributed by atoms with van der Waals surface area (Å²) in [5, 5.41) is 45.2. The van der Waals surface area contributed by atoms with Crippen molar-refractivity contribution < 1.29 is 44.4 Å². The number of nitrogens with two attached hydrogens (primary N) is 1. The molecular weight excluding hydrogens is 548 g/mol. The molecule has 3 amide bonds. The highest BCUT2D eigenvalue weighted by atomic mass is 16.4. The van der Waals surface area contributed by atoms with E-state index >= 15 is 0 Å². The number of phenols is 2. The average molecular weight is 587 g/mol. The van der Waals surface area contributed by atoms with Crippen molar-refractivity contribution in [1.82, 2.24) is 16.0 Å². The molecule has 228 valence electrons. The molecule has 9 N–H and O–H groups in total. The van der Waals surface area contributed by atoms with Gasteiger partial charge in [0.1, 0.15) is 29.6 Å². The monoisotopic (exact) mass is 586 g/mol. The molecule has 0 bridgehead atoms. The van der Waals surface area contributed by atoms with Crippen LogP contribution in [-0.4, -0.2) is 74.3 Å². The van der Waals surface area contributed by atoms with Gasteiger partial charge in [-0.3, -0.25) is 19.2 Å². The van der Waals surface area contributed by atoms with Crippen LogP contribution in [0.1, 0.15) is 44.2 Å². The summed E-state index contributed by atoms with van der Waals surface area (Å²) in [5.74, 6) is -5.31. The van der Waals surface area contributed by atoms with Crippen molar-refractivity contribution >= 4 is 29.7 Å². The Hall–Kier alpha value is -4.65. The first-order chi connectivity index (χ1) is 19.8. The predicted octanol–water partition coefficient (Wildman–Crippen LogP) is 0.660. The number of carbonyl (C=O) groups is 5. The second-order valence-corrected chi connectivity index (χ2v) is 10.1. The molecule has 0 saturated heterocycles. The Morgan fingerprint density at radius 1 is 0.738 bits per heavy atom. The maximum absolute atomic E-state index is 13.5. The third-order valence-electron chi connectivity index (χ3n) is 6.79. The average Bonchev–Trinajstić information content (AvgIpc) is 2.94. The normalized spacial score (nSPS) is 14.5. The summed E-state index contributed by atoms with van der Waals surface area (Å²) in [5.41, 5.74) is 7.29. The fourth-order valence-electron chi connectivity index (χ4n) is 4.08. The number of aromatic hydroxyl groups is 2. The van der Waals surface area contributed by atoms with Crippen LogP contribution in [0.15, 0.2) is 48.5 Å². The molecular formula is C29H38N4O9. The Kier molecular flexibility index (Phi) is 12.8. The van der Waals surface area contributed by atoms with Gasteiger partial charge in [-0.2, -0.15) is 0 Å². The number of carboxylic acids is 2. The van der Waals surface area contributed by atoms with Crippen LogP contribution in [0.2, 0.25) is 0 Å². The number of phenolic OH excluding ortho intramolecular Hbond substituents is 2. The Bertz CT molecular complexity index is 1230. The maximum Gasteiger partial charge on any atom is 0.326 e. The van der Waals surface area contributed by atoms with E-state index in [0.29, 0.717) is 17.5 Å². The van der Waals surface area contributed by atoms with E-state index in [1.807, 2.05) is 0 Å². The van der Waals surface area contributed by atoms with Crippen LogP contribution in [0.5, 0.6) is 11.5 Å². The van der Waals surface area contributed by atoms with Crippen molar-refractivity contribution in [2.24, 2.45) is 11.7 Å². The molecule has 0 fully saturated rings. The summed E-state index contributed by atoms with van der Waals surface area (Å²) in [4.78, 5) is 62.5. The second kappa shape index (κ2) is 16.0. The highest BCUT2D eigenvalue weighted by molar-refractivity contribution is 5.94. The quantitative estimate of drug-likeness (QED) is 0.137. The molecule has 13 heteroatoms. The van der Waals surface area contributed by atoms with E-state index in [1.165, 1.54) is 36.4 Å². The van der Waals surface area contributed by atoms with E-state index in [2.05, 4.69) is 16.0 Å². The van der Waals surface area contributed by atoms with E-state index in [4.69, 9.17) is 5.73 Å². The Balaban J connectivity index is 2.27. The lowest BCUT2D eigenvalue weighted by atomic mass is 9.98. The molecule has 0 radical (unpaired) electrons. The van der Waals surface area contributed by atoms with E-state index < -0.39 is 66.2 Å². The minimum absolute atomic E-state index is 0.0144. The van der Waals surface area contributed by atoms with Gasteiger partial charge >= 0.3 is 11.9 Å². The van der Waals surface area contributed by atoms with Crippen LogP contribution in [-0.2, 0) is 36.8 Å². The molecule has 2 aromatic carbocycles. The number of hydrogen-bond acceptors (Lipinski definition) is 8. The summed E-state index contributed by atoms with van der Waals surface area (Å²) >= 11 is 0. The molecule has 0 aromatic heterocycles. The maximum atomic E-state index is 13.5. The largest absolute Gasteiger partial charge is 0.508 e. The number of carboxylic acid groups (broad SMARTS) is 2. The lowest BCUT2D eigenvalue weighted by Crippen LogP contribution is -2.58. The summed E-state index contributed by atoms with van der Waals surface area (Å²) in [6, 6.07) is 6.92. The number of carbonyl (C=O) groups excluding carboxylic acids is 3. The van der Waals surface area contributed by atoms with Crippen LogP contribution in [0.4, 0.5) is 0 Å². The third-order valence-corrected chi connectivity index (χ3v) is 6.79. The topological polar surface area (TPSA) is 228 Å². The molecule has 2 aromatic rings. The molecule has 0 aliphatic rings. The lowest BCUT2D eigenvalue weighted by Gasteiger charge is -2.26. The first kappa shape index (κ1) is 33.6. The van der Waals surface area contributed by atoms with Gasteiger partial charge in [-0.05, 0) is 54.2 Å². The predicted molar refractivity (Wildman–Crippen MR) is 151 cm³/mol. The van der Waals surface area contributed by atoms with Gasteiger partial charge in [0.25, 0.3) is 0 Å². The second-order valence-electron chi connectivity index (χ2n) is 10.1. The highest BCUT2D eigenvalue weighted by Gasteiger charge is 2.32. The minimum atomic E-state index is -1.41. The van der Waals surface area contributed by atoms with Gasteiger partial charge in [0.2, 0.25) is 17.7 Å². The third kappa shape index (κ3) is 10.7. The molecule has 5 atom stereocenters. The molecule has 0 aliphatic heterocycles. The standard InChI is InChI=1S/C29H38N4O9/c1-3-16(2)25(29(41)42)33-27(39)22(12-13-24(36)37)31-28(40)23(15-18-6-10-20(35)11-7-18)32-26(38)21(30)14-17-4-8-19(34)9-5-17/h4-11,16,21-23,25,34-35H,3,12-15,30H2,1-2H3,(H,31,40)(H,32,38)(H,33,39)(H,36,37)(H,41,42). The van der Waals surface area contributed by atoms with Gasteiger partial charge in [-0.25, -0.2) is 4.79 Å². The Morgan fingerprint density at radius 3 is 1.69 bits per heavy atom. The van der Waals surface area contributed by atoms with Crippen LogP contribution < -0.4 is 21.7 Å². The first-order valence-corrected chi connectivity index (χ1v) is 13.5. The molecule has 2 rings (SSSR count). The Morgan fingerprint density at radius 2 is 1.21 bits per heavy atom. The van der Waals surface area contributed by atoms with Crippen molar-refractivity contribution in [2.45, 2.75) is 70.1 Å². The SMILES string of the molecule is CCC(C)C(NC(=O)C(CCC(=O)O)NC(=O)C(Cc1ccc(O)cc1)NC(=O)C(N)Cc1ccc(O)cc1)C(=O)O. The summed E-state index contributed by atoms with van der Waals surface area (Å²) < 4.78 is 0. The lowest BCUT2D eigenvalue weighted by molar-refractivity contribution is -0.144. The summed E-state index contributed by atoms with van der Waals surface area (Å²) in [6.07, 6.45) is -0.363. The van der Waals surface area contributed by atoms with Crippen molar-refractivity contribution in [2.75, 3.05) is 0 Å². The fourth-order valence-corrected chi connectivity index (χ4v) is 4.08. The molecule has 13 nitrogen and oxygen atoms in total. The van der Waals surface area contributed by atoms with E-state index in [0.717, 1.165) is 0 Å². The zero-order valence-electron chi connectivity index (χ0n) is 23.4. The van der Waals surface area contributed by atoms with Crippen LogP contribution in [0.3, 0.4) is 0 Å². The molecule has 0 heterocycles. The molecule has 5 unspecified atom stereocenters. The van der Waals surface area contributed by atoms with Crippen LogP contribution >= 0.6 is 0 Å². The number of aliphatic carboxylic acids is 2. The zero-order chi connectivity index (χ0) is 31.4. The number of nitrogens with one attached hydrogen (secondary N) is 3. The first-order valence-electron chi connectivity index (χ1n) is 13.5. The minimum Gasteiger partial charge on any atom is -0.508 e. The van der Waals surface area contributed by atoms with Crippen molar-refractivity contribution in [3.63, 3.8) is 0 Å². The smallest absolute Gasteiger partial charge is 0.326 e.